The Labute approximate surface area is 216 Å². The van der Waals surface area contributed by atoms with E-state index in [1.54, 1.807) is 12.1 Å². The number of anilines is 3. The highest BCUT2D eigenvalue weighted by molar-refractivity contribution is 6.07. The standard InChI is InChI=1S/C31H30FN3O2/c1-34(2)24-15-11-20(12-16-24)30-29-26(17-22(18-28(29)36)19-9-13-23(32)14-10-19)33-25-5-3-4-6-27(25)35(30)31(37)21-7-8-21/h3-6,9-16,21-22,30,33H,7-8,17-18H2,1-2H3/t22-,30-/m0/s1. The van der Waals surface area contributed by atoms with E-state index in [9.17, 15) is 14.0 Å². The highest BCUT2D eigenvalue weighted by atomic mass is 19.1. The van der Waals surface area contributed by atoms with Crippen LogP contribution in [-0.4, -0.2) is 25.8 Å². The van der Waals surface area contributed by atoms with Crippen molar-refractivity contribution in [2.24, 2.45) is 5.92 Å². The van der Waals surface area contributed by atoms with E-state index in [4.69, 9.17) is 0 Å². The molecule has 1 N–H and O–H groups in total. The minimum atomic E-state index is -0.517. The van der Waals surface area contributed by atoms with E-state index in [-0.39, 0.29) is 29.3 Å². The number of allylic oxidation sites excluding steroid dienone is 1. The molecule has 188 valence electrons. The smallest absolute Gasteiger partial charge is 0.231 e. The summed E-state index contributed by atoms with van der Waals surface area (Å²) in [6.07, 6.45) is 2.69. The number of para-hydroxylation sites is 2. The maximum absolute atomic E-state index is 14.0. The van der Waals surface area contributed by atoms with Crippen LogP contribution in [0.1, 0.15) is 48.8 Å². The number of ketones is 1. The monoisotopic (exact) mass is 495 g/mol. The van der Waals surface area contributed by atoms with Gasteiger partial charge in [0, 0.05) is 43.4 Å². The van der Waals surface area contributed by atoms with Crippen molar-refractivity contribution in [1.82, 2.24) is 0 Å². The van der Waals surface area contributed by atoms with E-state index in [1.807, 2.05) is 72.4 Å². The topological polar surface area (TPSA) is 52.7 Å². The quantitative estimate of drug-likeness (QED) is 0.468. The number of fused-ring (bicyclic) bond motifs is 1. The highest BCUT2D eigenvalue weighted by Crippen LogP contribution is 2.49. The third-order valence-electron chi connectivity index (χ3n) is 7.72. The van der Waals surface area contributed by atoms with Crippen LogP contribution in [0.15, 0.2) is 84.1 Å². The number of nitrogens with one attached hydrogen (secondary N) is 1. The normalized spacial score (nSPS) is 21.1. The van der Waals surface area contributed by atoms with Gasteiger partial charge in [0.1, 0.15) is 5.82 Å². The molecule has 1 heterocycles. The van der Waals surface area contributed by atoms with Gasteiger partial charge in [0.05, 0.1) is 17.4 Å². The molecule has 0 bridgehead atoms. The van der Waals surface area contributed by atoms with Crippen LogP contribution < -0.4 is 15.1 Å². The van der Waals surface area contributed by atoms with Crippen molar-refractivity contribution < 1.29 is 14.0 Å². The summed E-state index contributed by atoms with van der Waals surface area (Å²) in [5.74, 6) is -0.273. The zero-order valence-corrected chi connectivity index (χ0v) is 21.1. The molecule has 37 heavy (non-hydrogen) atoms. The summed E-state index contributed by atoms with van der Waals surface area (Å²) >= 11 is 0. The summed E-state index contributed by atoms with van der Waals surface area (Å²) in [4.78, 5) is 31.7. The molecule has 5 nitrogen and oxygen atoms in total. The molecule has 3 aromatic rings. The van der Waals surface area contributed by atoms with Crippen molar-refractivity contribution in [3.05, 3.63) is 101 Å². The Morgan fingerprint density at radius 1 is 0.919 bits per heavy atom. The number of benzene rings is 3. The van der Waals surface area contributed by atoms with Crippen LogP contribution in [0.2, 0.25) is 0 Å². The molecule has 2 atom stereocenters. The first-order valence-electron chi connectivity index (χ1n) is 12.9. The predicted molar refractivity (Wildman–Crippen MR) is 144 cm³/mol. The third-order valence-corrected chi connectivity index (χ3v) is 7.72. The summed E-state index contributed by atoms with van der Waals surface area (Å²) in [7, 11) is 3.98. The van der Waals surface area contributed by atoms with Crippen LogP contribution in [0, 0.1) is 11.7 Å². The highest BCUT2D eigenvalue weighted by Gasteiger charge is 2.45. The van der Waals surface area contributed by atoms with Gasteiger partial charge in [-0.1, -0.05) is 36.4 Å². The van der Waals surface area contributed by atoms with Crippen molar-refractivity contribution in [1.29, 1.82) is 0 Å². The summed E-state index contributed by atoms with van der Waals surface area (Å²) in [6, 6.07) is 21.9. The van der Waals surface area contributed by atoms with Gasteiger partial charge in [0.15, 0.2) is 5.78 Å². The molecule has 1 fully saturated rings. The molecule has 1 saturated carbocycles. The lowest BCUT2D eigenvalue weighted by Crippen LogP contribution is -2.39. The summed E-state index contributed by atoms with van der Waals surface area (Å²) in [5.41, 5.74) is 6.02. The summed E-state index contributed by atoms with van der Waals surface area (Å²) in [6.45, 7) is 0. The first-order chi connectivity index (χ1) is 17.9. The molecule has 6 heteroatoms. The van der Waals surface area contributed by atoms with Crippen LogP contribution in [0.3, 0.4) is 0 Å². The molecule has 1 amide bonds. The Kier molecular flexibility index (Phi) is 5.82. The van der Waals surface area contributed by atoms with Crippen molar-refractivity contribution in [2.75, 3.05) is 29.2 Å². The lowest BCUT2D eigenvalue weighted by Gasteiger charge is -2.35. The number of hydrogen-bond donors (Lipinski definition) is 1. The van der Waals surface area contributed by atoms with Gasteiger partial charge in [-0.05, 0) is 72.7 Å². The van der Waals surface area contributed by atoms with Crippen LogP contribution >= 0.6 is 0 Å². The molecular weight excluding hydrogens is 465 g/mol. The van der Waals surface area contributed by atoms with Crippen LogP contribution in [-0.2, 0) is 9.59 Å². The molecule has 3 aromatic carbocycles. The van der Waals surface area contributed by atoms with Crippen molar-refractivity contribution in [3.63, 3.8) is 0 Å². The van der Waals surface area contributed by atoms with E-state index >= 15 is 0 Å². The van der Waals surface area contributed by atoms with Gasteiger partial charge in [0.2, 0.25) is 5.91 Å². The molecule has 0 unspecified atom stereocenters. The number of amides is 1. The maximum atomic E-state index is 14.0. The fraction of sp³-hybridized carbons (Fsp3) is 0.290. The molecule has 2 aliphatic carbocycles. The zero-order valence-electron chi connectivity index (χ0n) is 21.1. The van der Waals surface area contributed by atoms with Gasteiger partial charge in [-0.15, -0.1) is 0 Å². The van der Waals surface area contributed by atoms with Gasteiger partial charge in [-0.2, -0.15) is 0 Å². The minimum absolute atomic E-state index is 0.00980. The fourth-order valence-electron chi connectivity index (χ4n) is 5.60. The largest absolute Gasteiger partial charge is 0.378 e. The second kappa shape index (κ2) is 9.18. The number of carbonyl (C=O) groups is 2. The molecule has 0 saturated heterocycles. The second-order valence-corrected chi connectivity index (χ2v) is 10.5. The average molecular weight is 496 g/mol. The fourth-order valence-corrected chi connectivity index (χ4v) is 5.60. The van der Waals surface area contributed by atoms with Gasteiger partial charge in [-0.25, -0.2) is 4.39 Å². The van der Waals surface area contributed by atoms with Crippen LogP contribution in [0.25, 0.3) is 0 Å². The van der Waals surface area contributed by atoms with Crippen LogP contribution in [0.5, 0.6) is 0 Å². The third kappa shape index (κ3) is 4.31. The molecular formula is C31H30FN3O2. The SMILES string of the molecule is CN(C)c1ccc([C@H]2C3=C(C[C@H](c4ccc(F)cc4)CC3=O)Nc3ccccc3N2C(=O)C2CC2)cc1. The van der Waals surface area contributed by atoms with Gasteiger partial charge in [0.25, 0.3) is 0 Å². The number of nitrogens with zero attached hydrogens (tertiary/aromatic N) is 2. The Balaban J connectivity index is 1.52. The molecule has 0 aromatic heterocycles. The Morgan fingerprint density at radius 3 is 2.27 bits per heavy atom. The van der Waals surface area contributed by atoms with Crippen molar-refractivity contribution in [3.8, 4) is 0 Å². The van der Waals surface area contributed by atoms with Crippen molar-refractivity contribution in [2.45, 2.75) is 37.6 Å². The first kappa shape index (κ1) is 23.5. The molecule has 1 aliphatic heterocycles. The molecule has 0 radical (unpaired) electrons. The van der Waals surface area contributed by atoms with Gasteiger partial charge < -0.3 is 10.2 Å². The van der Waals surface area contributed by atoms with E-state index < -0.39 is 6.04 Å². The molecule has 0 spiro atoms. The minimum Gasteiger partial charge on any atom is -0.378 e. The average Bonchev–Trinajstić information content (AvgIpc) is 3.75. The Morgan fingerprint density at radius 2 is 1.59 bits per heavy atom. The summed E-state index contributed by atoms with van der Waals surface area (Å²) < 4.78 is 13.6. The number of hydrogen-bond acceptors (Lipinski definition) is 4. The predicted octanol–water partition coefficient (Wildman–Crippen LogP) is 6.20. The van der Waals surface area contributed by atoms with E-state index in [1.165, 1.54) is 12.1 Å². The van der Waals surface area contributed by atoms with Gasteiger partial charge in [-0.3, -0.25) is 14.5 Å². The number of carbonyl (C=O) groups excluding carboxylic acids is 2. The van der Waals surface area contributed by atoms with E-state index in [0.717, 1.165) is 46.7 Å². The van der Waals surface area contributed by atoms with Crippen LogP contribution in [0.4, 0.5) is 21.5 Å². The van der Waals surface area contributed by atoms with E-state index in [2.05, 4.69) is 5.32 Å². The lowest BCUT2D eigenvalue weighted by atomic mass is 9.78. The van der Waals surface area contributed by atoms with Crippen molar-refractivity contribution >= 4 is 28.8 Å². The molecule has 6 rings (SSSR count). The Bertz CT molecular complexity index is 1390. The van der Waals surface area contributed by atoms with Gasteiger partial charge >= 0.3 is 0 Å². The zero-order chi connectivity index (χ0) is 25.7. The second-order valence-electron chi connectivity index (χ2n) is 10.5. The molecule has 3 aliphatic rings. The first-order valence-corrected chi connectivity index (χ1v) is 12.9. The van der Waals surface area contributed by atoms with E-state index in [0.29, 0.717) is 18.4 Å². The number of Topliss-reactive ketones (excluding diaryl/α,β-unsaturated/α-hetero) is 1. The maximum Gasteiger partial charge on any atom is 0.231 e. The lowest BCUT2D eigenvalue weighted by molar-refractivity contribution is -0.120. The number of halogens is 1. The Hall–Kier alpha value is -3.93. The number of rotatable bonds is 4. The summed E-state index contributed by atoms with van der Waals surface area (Å²) in [5, 5.41) is 3.56.